The summed E-state index contributed by atoms with van der Waals surface area (Å²) in [7, 11) is 1.59. The first kappa shape index (κ1) is 18.2. The second kappa shape index (κ2) is 7.62. The van der Waals surface area contributed by atoms with Crippen LogP contribution in [0.25, 0.3) is 0 Å². The molecule has 2 aromatic rings. The summed E-state index contributed by atoms with van der Waals surface area (Å²) < 4.78 is 31.8. The third-order valence-corrected chi connectivity index (χ3v) is 4.32. The minimum absolute atomic E-state index is 0.161. The summed E-state index contributed by atoms with van der Waals surface area (Å²) in [5.74, 6) is -1.59. The number of likely N-dealkylation sites (N-methyl/N-ethyl adjacent to an activating group) is 1. The third kappa shape index (κ3) is 4.23. The van der Waals surface area contributed by atoms with Gasteiger partial charge in [-0.3, -0.25) is 4.79 Å². The fraction of sp³-hybridized carbons (Fsp3) is 0.278. The predicted molar refractivity (Wildman–Crippen MR) is 89.2 cm³/mol. The van der Waals surface area contributed by atoms with Crippen molar-refractivity contribution in [1.82, 2.24) is 4.90 Å². The Hall–Kier alpha value is -2.14. The van der Waals surface area contributed by atoms with Gasteiger partial charge < -0.3 is 9.64 Å². The van der Waals surface area contributed by atoms with Gasteiger partial charge in [0, 0.05) is 12.1 Å². The third-order valence-electron chi connectivity index (χ3n) is 3.89. The maximum absolute atomic E-state index is 13.3. The number of ether oxygens (including phenoxy) is 1. The molecule has 1 amide bonds. The minimum atomic E-state index is -0.937. The van der Waals surface area contributed by atoms with Crippen molar-refractivity contribution in [3.8, 4) is 5.75 Å². The molecule has 0 spiro atoms. The Morgan fingerprint density at radius 1 is 1.21 bits per heavy atom. The van der Waals surface area contributed by atoms with Crippen LogP contribution in [-0.4, -0.2) is 24.5 Å². The van der Waals surface area contributed by atoms with Crippen molar-refractivity contribution in [2.75, 3.05) is 13.7 Å². The predicted octanol–water partition coefficient (Wildman–Crippen LogP) is 4.53. The molecular weight excluding hydrogens is 336 g/mol. The van der Waals surface area contributed by atoms with Crippen LogP contribution < -0.4 is 4.74 Å². The van der Waals surface area contributed by atoms with Gasteiger partial charge >= 0.3 is 0 Å². The zero-order chi connectivity index (χ0) is 17.9. The Labute approximate surface area is 144 Å². The average molecular weight is 354 g/mol. The number of halogens is 3. The second-order valence-electron chi connectivity index (χ2n) is 5.55. The first-order valence-electron chi connectivity index (χ1n) is 7.39. The molecule has 0 bridgehead atoms. The second-order valence-corrected chi connectivity index (χ2v) is 5.96. The van der Waals surface area contributed by atoms with E-state index >= 15 is 0 Å². The van der Waals surface area contributed by atoms with E-state index in [9.17, 15) is 13.6 Å². The minimum Gasteiger partial charge on any atom is -0.484 e. The number of aryl methyl sites for hydroxylation is 1. The topological polar surface area (TPSA) is 29.5 Å². The molecule has 0 radical (unpaired) electrons. The van der Waals surface area contributed by atoms with Crippen molar-refractivity contribution in [2.24, 2.45) is 0 Å². The number of nitrogens with zero attached hydrogens (tertiary/aromatic N) is 1. The van der Waals surface area contributed by atoms with Gasteiger partial charge in [-0.05, 0) is 55.3 Å². The van der Waals surface area contributed by atoms with E-state index < -0.39 is 17.7 Å². The van der Waals surface area contributed by atoms with Crippen LogP contribution >= 0.6 is 11.6 Å². The van der Waals surface area contributed by atoms with Crippen molar-refractivity contribution in [3.05, 3.63) is 64.2 Å². The Balaban J connectivity index is 2.00. The summed E-state index contributed by atoms with van der Waals surface area (Å²) in [5, 5.41) is 0.623. The van der Waals surface area contributed by atoms with Crippen LogP contribution in [0.4, 0.5) is 8.78 Å². The van der Waals surface area contributed by atoms with Gasteiger partial charge in [-0.15, -0.1) is 0 Å². The molecule has 0 N–H and O–H groups in total. The molecule has 1 unspecified atom stereocenters. The van der Waals surface area contributed by atoms with Crippen LogP contribution in [0.5, 0.6) is 5.75 Å². The van der Waals surface area contributed by atoms with Crippen molar-refractivity contribution < 1.29 is 18.3 Å². The van der Waals surface area contributed by atoms with E-state index in [1.807, 2.05) is 6.92 Å². The molecule has 0 aliphatic rings. The smallest absolute Gasteiger partial charge is 0.260 e. The van der Waals surface area contributed by atoms with E-state index in [0.29, 0.717) is 16.3 Å². The fourth-order valence-corrected chi connectivity index (χ4v) is 2.28. The van der Waals surface area contributed by atoms with Crippen LogP contribution in [0.15, 0.2) is 36.4 Å². The van der Waals surface area contributed by atoms with Gasteiger partial charge in [0.1, 0.15) is 5.75 Å². The Bertz CT molecular complexity index is 752. The Kier molecular flexibility index (Phi) is 5.78. The van der Waals surface area contributed by atoms with Crippen LogP contribution in [0, 0.1) is 18.6 Å². The molecule has 0 heterocycles. The van der Waals surface area contributed by atoms with Gasteiger partial charge in [-0.2, -0.15) is 0 Å². The highest BCUT2D eigenvalue weighted by Crippen LogP contribution is 2.23. The van der Waals surface area contributed by atoms with Crippen molar-refractivity contribution in [2.45, 2.75) is 19.9 Å². The van der Waals surface area contributed by atoms with Gasteiger partial charge in [-0.25, -0.2) is 8.78 Å². The molecule has 0 saturated carbocycles. The van der Waals surface area contributed by atoms with Crippen LogP contribution in [0.1, 0.15) is 24.1 Å². The van der Waals surface area contributed by atoms with E-state index in [1.54, 1.807) is 32.2 Å². The lowest BCUT2D eigenvalue weighted by molar-refractivity contribution is -0.134. The Morgan fingerprint density at radius 2 is 1.92 bits per heavy atom. The standard InChI is InChI=1S/C18H18ClF2NO2/c1-11-8-14(5-6-15(11)19)24-10-18(23)22(3)12(2)13-4-7-16(20)17(21)9-13/h4-9,12H,10H2,1-3H3. The Morgan fingerprint density at radius 3 is 2.54 bits per heavy atom. The maximum Gasteiger partial charge on any atom is 0.260 e. The molecule has 1 atom stereocenters. The van der Waals surface area contributed by atoms with Crippen molar-refractivity contribution in [1.29, 1.82) is 0 Å². The molecule has 2 aromatic carbocycles. The molecular formula is C18H18ClF2NO2. The number of hydrogen-bond donors (Lipinski definition) is 0. The van der Waals surface area contributed by atoms with E-state index in [-0.39, 0.29) is 12.5 Å². The number of amides is 1. The van der Waals surface area contributed by atoms with Gasteiger partial charge in [-0.1, -0.05) is 17.7 Å². The summed E-state index contributed by atoms with van der Waals surface area (Å²) in [5.41, 5.74) is 1.36. The number of benzene rings is 2. The summed E-state index contributed by atoms with van der Waals surface area (Å²) in [4.78, 5) is 13.7. The van der Waals surface area contributed by atoms with Crippen LogP contribution in [-0.2, 0) is 4.79 Å². The molecule has 6 heteroatoms. The summed E-state index contributed by atoms with van der Waals surface area (Å²) in [6, 6.07) is 8.30. The van der Waals surface area contributed by atoms with Crippen LogP contribution in [0.2, 0.25) is 5.02 Å². The van der Waals surface area contributed by atoms with Crippen LogP contribution in [0.3, 0.4) is 0 Å². The molecule has 3 nitrogen and oxygen atoms in total. The lowest BCUT2D eigenvalue weighted by atomic mass is 10.1. The highest BCUT2D eigenvalue weighted by Gasteiger charge is 2.19. The average Bonchev–Trinajstić information content (AvgIpc) is 2.56. The maximum atomic E-state index is 13.3. The number of carbonyl (C=O) groups excluding carboxylic acids is 1. The first-order valence-corrected chi connectivity index (χ1v) is 7.77. The number of carbonyl (C=O) groups is 1. The lowest BCUT2D eigenvalue weighted by Gasteiger charge is -2.25. The molecule has 0 aromatic heterocycles. The lowest BCUT2D eigenvalue weighted by Crippen LogP contribution is -2.33. The van der Waals surface area contributed by atoms with E-state index in [0.717, 1.165) is 17.7 Å². The monoisotopic (exact) mass is 353 g/mol. The molecule has 128 valence electrons. The normalized spacial score (nSPS) is 11.9. The van der Waals surface area contributed by atoms with E-state index in [2.05, 4.69) is 0 Å². The highest BCUT2D eigenvalue weighted by molar-refractivity contribution is 6.31. The largest absolute Gasteiger partial charge is 0.484 e. The summed E-state index contributed by atoms with van der Waals surface area (Å²) in [6.07, 6.45) is 0. The first-order chi connectivity index (χ1) is 11.3. The molecule has 24 heavy (non-hydrogen) atoms. The molecule has 0 saturated heterocycles. The zero-order valence-corrected chi connectivity index (χ0v) is 14.4. The molecule has 0 aliphatic carbocycles. The molecule has 0 aliphatic heterocycles. The fourth-order valence-electron chi connectivity index (χ4n) is 2.17. The number of hydrogen-bond acceptors (Lipinski definition) is 2. The molecule has 0 fully saturated rings. The van der Waals surface area contributed by atoms with Gasteiger partial charge in [0.2, 0.25) is 0 Å². The van der Waals surface area contributed by atoms with E-state index in [4.69, 9.17) is 16.3 Å². The summed E-state index contributed by atoms with van der Waals surface area (Å²) >= 11 is 5.94. The SMILES string of the molecule is Cc1cc(OCC(=O)N(C)C(C)c2ccc(F)c(F)c2)ccc1Cl. The number of rotatable bonds is 5. The quantitative estimate of drug-likeness (QED) is 0.790. The summed E-state index contributed by atoms with van der Waals surface area (Å²) in [6.45, 7) is 3.41. The zero-order valence-electron chi connectivity index (χ0n) is 13.6. The van der Waals surface area contributed by atoms with Crippen molar-refractivity contribution >= 4 is 17.5 Å². The van der Waals surface area contributed by atoms with Gasteiger partial charge in [0.15, 0.2) is 18.2 Å². The van der Waals surface area contributed by atoms with Crippen molar-refractivity contribution in [3.63, 3.8) is 0 Å². The van der Waals surface area contributed by atoms with Gasteiger partial charge in [0.25, 0.3) is 5.91 Å². The van der Waals surface area contributed by atoms with E-state index in [1.165, 1.54) is 11.0 Å². The molecule has 2 rings (SSSR count). The highest BCUT2D eigenvalue weighted by atomic mass is 35.5. The van der Waals surface area contributed by atoms with Gasteiger partial charge in [0.05, 0.1) is 6.04 Å².